The zero-order chi connectivity index (χ0) is 16.4. The van der Waals surface area contributed by atoms with Gasteiger partial charge < -0.3 is 4.74 Å². The van der Waals surface area contributed by atoms with Gasteiger partial charge in [0.1, 0.15) is 0 Å². The topological polar surface area (TPSA) is 27.1 Å². The monoisotopic (exact) mass is 320 g/mol. The molecule has 1 saturated heterocycles. The molecule has 1 unspecified atom stereocenters. The average Bonchev–Trinajstić information content (AvgIpc) is 3.32. The highest BCUT2D eigenvalue weighted by atomic mass is 16.5. The lowest BCUT2D eigenvalue weighted by molar-refractivity contribution is 0.00403. The fourth-order valence-electron chi connectivity index (χ4n) is 3.21. The van der Waals surface area contributed by atoms with Gasteiger partial charge in [-0.05, 0) is 62.8 Å². The van der Waals surface area contributed by atoms with Crippen LogP contribution in [0.4, 0.5) is 0 Å². The summed E-state index contributed by atoms with van der Waals surface area (Å²) in [5, 5.41) is 4.75. The first kappa shape index (κ1) is 15.5. The van der Waals surface area contributed by atoms with Crippen molar-refractivity contribution < 1.29 is 4.74 Å². The summed E-state index contributed by atoms with van der Waals surface area (Å²) in [6, 6.07) is 8.53. The number of hydrogen-bond donors (Lipinski definition) is 0. The van der Waals surface area contributed by atoms with Crippen LogP contribution >= 0.6 is 0 Å². The smallest absolute Gasteiger partial charge is 0.0925 e. The molecule has 2 aliphatic rings. The number of aryl methyl sites for hydroxylation is 1. The lowest BCUT2D eigenvalue weighted by atomic mass is 10.0. The average molecular weight is 320 g/mol. The first-order chi connectivity index (χ1) is 11.8. The predicted octanol–water partition coefficient (Wildman–Crippen LogP) is 4.19. The molecule has 2 aromatic rings. The number of rotatable bonds is 3. The van der Waals surface area contributed by atoms with Crippen molar-refractivity contribution in [1.82, 2.24) is 9.78 Å². The summed E-state index contributed by atoms with van der Waals surface area (Å²) in [4.78, 5) is 0. The van der Waals surface area contributed by atoms with E-state index < -0.39 is 0 Å². The van der Waals surface area contributed by atoms with E-state index in [9.17, 15) is 0 Å². The summed E-state index contributed by atoms with van der Waals surface area (Å²) in [7, 11) is 0. The van der Waals surface area contributed by atoms with E-state index in [1.54, 1.807) is 0 Å². The molecule has 4 rings (SSSR count). The summed E-state index contributed by atoms with van der Waals surface area (Å²) < 4.78 is 7.83. The Morgan fingerprint density at radius 3 is 2.88 bits per heavy atom. The van der Waals surface area contributed by atoms with Crippen molar-refractivity contribution in [2.24, 2.45) is 5.92 Å². The molecule has 0 radical (unpaired) electrons. The van der Waals surface area contributed by atoms with Crippen LogP contribution < -0.4 is 0 Å². The Morgan fingerprint density at radius 2 is 2.12 bits per heavy atom. The van der Waals surface area contributed by atoms with Crippen molar-refractivity contribution in [2.45, 2.75) is 51.7 Å². The van der Waals surface area contributed by atoms with Crippen LogP contribution in [0, 0.1) is 24.7 Å². The van der Waals surface area contributed by atoms with Gasteiger partial charge in [0, 0.05) is 29.8 Å². The van der Waals surface area contributed by atoms with E-state index in [1.807, 2.05) is 4.68 Å². The van der Waals surface area contributed by atoms with Crippen molar-refractivity contribution in [3.8, 4) is 23.1 Å². The Bertz CT molecular complexity index is 771. The maximum absolute atomic E-state index is 5.81. The molecule has 3 heteroatoms. The van der Waals surface area contributed by atoms with E-state index in [2.05, 4.69) is 49.2 Å². The van der Waals surface area contributed by atoms with Gasteiger partial charge in [-0.1, -0.05) is 17.9 Å². The molecular formula is C21H24N2O. The third-order valence-corrected chi connectivity index (χ3v) is 4.81. The van der Waals surface area contributed by atoms with Gasteiger partial charge in [0.2, 0.25) is 0 Å². The number of aromatic nitrogens is 2. The highest BCUT2D eigenvalue weighted by Gasteiger charge is 2.18. The lowest BCUT2D eigenvalue weighted by Gasteiger charge is -2.22. The largest absolute Gasteiger partial charge is 0.376 e. The Kier molecular flexibility index (Phi) is 4.40. The normalized spacial score (nSPS) is 20.5. The highest BCUT2D eigenvalue weighted by molar-refractivity contribution is 5.64. The van der Waals surface area contributed by atoms with Crippen LogP contribution in [-0.4, -0.2) is 22.5 Å². The van der Waals surface area contributed by atoms with Gasteiger partial charge in [-0.3, -0.25) is 4.68 Å². The van der Waals surface area contributed by atoms with Crippen molar-refractivity contribution in [3.05, 3.63) is 41.6 Å². The molecule has 24 heavy (non-hydrogen) atoms. The standard InChI is InChI=1S/C21H24N2O/c1-16-14-18(8-7-17-5-6-17)9-10-20(16)21-11-12-23(22-21)15-19-4-2-3-13-24-19/h9-12,14,17,19H,2-6,13,15H2,1H3. The van der Waals surface area contributed by atoms with E-state index >= 15 is 0 Å². The Balaban J connectivity index is 1.48. The molecule has 3 nitrogen and oxygen atoms in total. The molecule has 124 valence electrons. The summed E-state index contributed by atoms with van der Waals surface area (Å²) in [5.41, 5.74) is 4.57. The molecule has 1 atom stereocenters. The third kappa shape index (κ3) is 3.71. The number of benzene rings is 1. The van der Waals surface area contributed by atoms with Gasteiger partial charge in [0.05, 0.1) is 18.3 Å². The molecule has 2 fully saturated rings. The van der Waals surface area contributed by atoms with Crippen LogP contribution in [0.15, 0.2) is 30.5 Å². The van der Waals surface area contributed by atoms with Gasteiger partial charge in [-0.15, -0.1) is 0 Å². The minimum atomic E-state index is 0.313. The molecule has 0 bridgehead atoms. The van der Waals surface area contributed by atoms with Crippen LogP contribution in [0.5, 0.6) is 0 Å². The lowest BCUT2D eigenvalue weighted by Crippen LogP contribution is -2.24. The number of hydrogen-bond acceptors (Lipinski definition) is 2. The van der Waals surface area contributed by atoms with Crippen molar-refractivity contribution in [2.75, 3.05) is 6.61 Å². The van der Waals surface area contributed by atoms with Crippen molar-refractivity contribution in [3.63, 3.8) is 0 Å². The first-order valence-electron chi connectivity index (χ1n) is 9.05. The van der Waals surface area contributed by atoms with Gasteiger partial charge in [-0.25, -0.2) is 0 Å². The molecular weight excluding hydrogens is 296 g/mol. The zero-order valence-electron chi connectivity index (χ0n) is 14.3. The predicted molar refractivity (Wildman–Crippen MR) is 95.6 cm³/mol. The molecule has 0 N–H and O–H groups in total. The Labute approximate surface area is 144 Å². The van der Waals surface area contributed by atoms with Gasteiger partial charge in [0.25, 0.3) is 0 Å². The van der Waals surface area contributed by atoms with Crippen LogP contribution in [-0.2, 0) is 11.3 Å². The second kappa shape index (κ2) is 6.83. The maximum atomic E-state index is 5.81. The first-order valence-corrected chi connectivity index (χ1v) is 9.05. The number of nitrogens with zero attached hydrogens (tertiary/aromatic N) is 2. The van der Waals surface area contributed by atoms with E-state index in [0.717, 1.165) is 30.8 Å². The molecule has 1 aromatic heterocycles. The fourth-order valence-corrected chi connectivity index (χ4v) is 3.21. The van der Waals surface area contributed by atoms with Crippen molar-refractivity contribution >= 4 is 0 Å². The molecule has 1 aromatic carbocycles. The van der Waals surface area contributed by atoms with Crippen LogP contribution in [0.3, 0.4) is 0 Å². The van der Waals surface area contributed by atoms with E-state index in [4.69, 9.17) is 9.84 Å². The number of ether oxygens (including phenoxy) is 1. The van der Waals surface area contributed by atoms with Crippen LogP contribution in [0.2, 0.25) is 0 Å². The summed E-state index contributed by atoms with van der Waals surface area (Å²) in [5.74, 6) is 7.26. The maximum Gasteiger partial charge on any atom is 0.0925 e. The molecule has 1 saturated carbocycles. The SMILES string of the molecule is Cc1cc(C#CC2CC2)ccc1-c1ccn(CC2CCCCO2)n1. The molecule has 0 spiro atoms. The summed E-state index contributed by atoms with van der Waals surface area (Å²) in [6.45, 7) is 3.88. The zero-order valence-corrected chi connectivity index (χ0v) is 14.3. The highest BCUT2D eigenvalue weighted by Crippen LogP contribution is 2.28. The van der Waals surface area contributed by atoms with E-state index in [1.165, 1.54) is 36.8 Å². The van der Waals surface area contributed by atoms with Gasteiger partial charge >= 0.3 is 0 Å². The van der Waals surface area contributed by atoms with E-state index in [-0.39, 0.29) is 0 Å². The quantitative estimate of drug-likeness (QED) is 0.793. The Hall–Kier alpha value is -2.05. The summed E-state index contributed by atoms with van der Waals surface area (Å²) in [6.07, 6.45) is 8.51. The molecule has 1 aliphatic heterocycles. The third-order valence-electron chi connectivity index (χ3n) is 4.81. The second-order valence-corrected chi connectivity index (χ2v) is 6.98. The van der Waals surface area contributed by atoms with E-state index in [0.29, 0.717) is 12.0 Å². The molecule has 1 aliphatic carbocycles. The summed E-state index contributed by atoms with van der Waals surface area (Å²) >= 11 is 0. The minimum absolute atomic E-state index is 0.313. The molecule has 2 heterocycles. The van der Waals surface area contributed by atoms with Crippen LogP contribution in [0.1, 0.15) is 43.2 Å². The van der Waals surface area contributed by atoms with Gasteiger partial charge in [0.15, 0.2) is 0 Å². The fraction of sp³-hybridized carbons (Fsp3) is 0.476. The van der Waals surface area contributed by atoms with Crippen molar-refractivity contribution in [1.29, 1.82) is 0 Å². The second-order valence-electron chi connectivity index (χ2n) is 6.98. The minimum Gasteiger partial charge on any atom is -0.376 e. The Morgan fingerprint density at radius 1 is 1.21 bits per heavy atom. The van der Waals surface area contributed by atoms with Crippen LogP contribution in [0.25, 0.3) is 11.3 Å². The van der Waals surface area contributed by atoms with Gasteiger partial charge in [-0.2, -0.15) is 5.10 Å². The molecule has 0 amide bonds.